The van der Waals surface area contributed by atoms with Crippen LogP contribution in [-0.4, -0.2) is 19.2 Å². The Kier molecular flexibility index (Phi) is 4.58. The minimum absolute atomic E-state index is 0.320. The van der Waals surface area contributed by atoms with Crippen molar-refractivity contribution in [2.45, 2.75) is 38.5 Å². The molecule has 0 fully saturated rings. The van der Waals surface area contributed by atoms with E-state index in [1.807, 2.05) is 26.8 Å². The SMILES string of the molecule is CC(NS(=O)C(C)(C)C)c1ccc(-c2cn[nH]c2)cc1F. The lowest BCUT2D eigenvalue weighted by Crippen LogP contribution is -2.35. The molecule has 0 bridgehead atoms. The minimum Gasteiger partial charge on any atom is -0.285 e. The number of nitrogens with zero attached hydrogens (tertiary/aromatic N) is 1. The summed E-state index contributed by atoms with van der Waals surface area (Å²) < 4.78 is 28.9. The third-order valence-corrected chi connectivity index (χ3v) is 4.82. The molecule has 1 heterocycles. The standard InChI is InChI=1S/C15H20FN3OS/c1-10(19-21(20)15(2,3)4)13-6-5-11(7-14(13)16)12-8-17-18-9-12/h5-10,19H,1-4H3,(H,17,18). The summed E-state index contributed by atoms with van der Waals surface area (Å²) in [5, 5.41) is 6.55. The third-order valence-electron chi connectivity index (χ3n) is 3.14. The Morgan fingerprint density at radius 1 is 1.33 bits per heavy atom. The van der Waals surface area contributed by atoms with Gasteiger partial charge < -0.3 is 0 Å². The summed E-state index contributed by atoms with van der Waals surface area (Å²) in [7, 11) is -1.24. The van der Waals surface area contributed by atoms with Gasteiger partial charge in [-0.25, -0.2) is 13.3 Å². The number of hydrogen-bond donors (Lipinski definition) is 2. The van der Waals surface area contributed by atoms with E-state index < -0.39 is 11.0 Å². The first-order chi connectivity index (χ1) is 9.79. The summed E-state index contributed by atoms with van der Waals surface area (Å²) in [5.41, 5.74) is 2.09. The molecule has 21 heavy (non-hydrogen) atoms. The Bertz CT molecular complexity index is 635. The zero-order valence-electron chi connectivity index (χ0n) is 12.6. The molecular formula is C15H20FN3OS. The number of halogens is 1. The van der Waals surface area contributed by atoms with E-state index in [-0.39, 0.29) is 16.6 Å². The Hall–Kier alpha value is -1.53. The number of nitrogens with one attached hydrogen (secondary N) is 2. The average Bonchev–Trinajstić information content (AvgIpc) is 2.90. The second kappa shape index (κ2) is 6.07. The smallest absolute Gasteiger partial charge is 0.128 e. The van der Waals surface area contributed by atoms with Crippen molar-refractivity contribution in [3.63, 3.8) is 0 Å². The van der Waals surface area contributed by atoms with E-state index in [9.17, 15) is 8.60 Å². The van der Waals surface area contributed by atoms with E-state index in [2.05, 4.69) is 14.9 Å². The molecule has 2 N–H and O–H groups in total. The van der Waals surface area contributed by atoms with Crippen LogP contribution in [0.15, 0.2) is 30.6 Å². The highest BCUT2D eigenvalue weighted by Gasteiger charge is 2.23. The molecule has 2 atom stereocenters. The first kappa shape index (κ1) is 15.9. The van der Waals surface area contributed by atoms with Gasteiger partial charge in [-0.2, -0.15) is 5.10 Å². The summed E-state index contributed by atoms with van der Waals surface area (Å²) >= 11 is 0. The maximum absolute atomic E-state index is 14.3. The Morgan fingerprint density at radius 3 is 2.57 bits per heavy atom. The van der Waals surface area contributed by atoms with Crippen LogP contribution in [0, 0.1) is 5.82 Å². The van der Waals surface area contributed by atoms with Crippen molar-refractivity contribution in [2.75, 3.05) is 0 Å². The molecule has 4 nitrogen and oxygen atoms in total. The van der Waals surface area contributed by atoms with Crippen LogP contribution in [0.4, 0.5) is 4.39 Å². The number of hydrogen-bond acceptors (Lipinski definition) is 2. The van der Waals surface area contributed by atoms with Gasteiger partial charge in [0.1, 0.15) is 5.82 Å². The molecule has 0 aliphatic rings. The summed E-state index contributed by atoms with van der Waals surface area (Å²) in [4.78, 5) is 0. The van der Waals surface area contributed by atoms with E-state index in [0.29, 0.717) is 5.56 Å². The molecule has 0 saturated carbocycles. The van der Waals surface area contributed by atoms with E-state index >= 15 is 0 Å². The fraction of sp³-hybridized carbons (Fsp3) is 0.400. The van der Waals surface area contributed by atoms with E-state index in [1.165, 1.54) is 6.07 Å². The lowest BCUT2D eigenvalue weighted by molar-refractivity contribution is 0.572. The van der Waals surface area contributed by atoms with Gasteiger partial charge >= 0.3 is 0 Å². The molecule has 2 rings (SSSR count). The minimum atomic E-state index is -1.24. The highest BCUT2D eigenvalue weighted by molar-refractivity contribution is 7.84. The van der Waals surface area contributed by atoms with Gasteiger partial charge in [0, 0.05) is 23.4 Å². The predicted octanol–water partition coefficient (Wildman–Crippen LogP) is 3.33. The van der Waals surface area contributed by atoms with Crippen molar-refractivity contribution in [1.82, 2.24) is 14.9 Å². The highest BCUT2D eigenvalue weighted by atomic mass is 32.2. The molecule has 0 amide bonds. The maximum atomic E-state index is 14.3. The Balaban J connectivity index is 2.19. The second-order valence-electron chi connectivity index (χ2n) is 5.94. The number of aromatic amines is 1. The van der Waals surface area contributed by atoms with E-state index in [1.54, 1.807) is 25.4 Å². The van der Waals surface area contributed by atoms with Gasteiger partial charge in [0.15, 0.2) is 0 Å². The normalized spacial score (nSPS) is 14.9. The molecule has 0 spiro atoms. The fourth-order valence-corrected chi connectivity index (χ4v) is 2.67. The van der Waals surface area contributed by atoms with Crippen LogP contribution in [0.3, 0.4) is 0 Å². The zero-order chi connectivity index (χ0) is 15.6. The van der Waals surface area contributed by atoms with Crippen molar-refractivity contribution in [2.24, 2.45) is 0 Å². The summed E-state index contributed by atoms with van der Waals surface area (Å²) in [6.45, 7) is 7.43. The van der Waals surface area contributed by atoms with Crippen LogP contribution in [0.5, 0.6) is 0 Å². The van der Waals surface area contributed by atoms with Gasteiger partial charge in [-0.05, 0) is 39.3 Å². The van der Waals surface area contributed by atoms with Gasteiger partial charge in [-0.3, -0.25) is 5.10 Å². The lowest BCUT2D eigenvalue weighted by Gasteiger charge is -2.22. The molecule has 0 saturated heterocycles. The maximum Gasteiger partial charge on any atom is 0.128 e. The molecule has 6 heteroatoms. The lowest BCUT2D eigenvalue weighted by atomic mass is 10.0. The third kappa shape index (κ3) is 3.77. The molecular weight excluding hydrogens is 289 g/mol. The molecule has 0 aliphatic heterocycles. The van der Waals surface area contributed by atoms with Crippen molar-refractivity contribution < 1.29 is 8.60 Å². The first-order valence-corrected chi connectivity index (χ1v) is 7.90. The van der Waals surface area contributed by atoms with Gasteiger partial charge in [-0.15, -0.1) is 0 Å². The number of rotatable bonds is 4. The Labute approximate surface area is 126 Å². The number of H-pyrrole nitrogens is 1. The van der Waals surface area contributed by atoms with Crippen molar-refractivity contribution in [1.29, 1.82) is 0 Å². The van der Waals surface area contributed by atoms with Crippen molar-refractivity contribution in [3.8, 4) is 11.1 Å². The molecule has 0 aliphatic carbocycles. The quantitative estimate of drug-likeness (QED) is 0.910. The molecule has 1 aromatic heterocycles. The van der Waals surface area contributed by atoms with E-state index in [0.717, 1.165) is 11.1 Å². The van der Waals surface area contributed by atoms with Gasteiger partial charge in [0.25, 0.3) is 0 Å². The molecule has 2 aromatic rings. The molecule has 1 aromatic carbocycles. The van der Waals surface area contributed by atoms with Crippen LogP contribution in [-0.2, 0) is 11.0 Å². The summed E-state index contributed by atoms with van der Waals surface area (Å²) in [5.74, 6) is -0.320. The average molecular weight is 309 g/mol. The van der Waals surface area contributed by atoms with Gasteiger partial charge in [0.2, 0.25) is 0 Å². The first-order valence-electron chi connectivity index (χ1n) is 6.75. The number of benzene rings is 1. The fourth-order valence-electron chi connectivity index (χ4n) is 1.87. The summed E-state index contributed by atoms with van der Waals surface area (Å²) in [6, 6.07) is 4.69. The van der Waals surface area contributed by atoms with Gasteiger partial charge in [0.05, 0.1) is 21.9 Å². The molecule has 0 radical (unpaired) electrons. The van der Waals surface area contributed by atoms with Gasteiger partial charge in [-0.1, -0.05) is 12.1 Å². The van der Waals surface area contributed by atoms with Crippen LogP contribution < -0.4 is 4.72 Å². The molecule has 114 valence electrons. The highest BCUT2D eigenvalue weighted by Crippen LogP contribution is 2.25. The Morgan fingerprint density at radius 2 is 2.05 bits per heavy atom. The second-order valence-corrected chi connectivity index (χ2v) is 7.94. The van der Waals surface area contributed by atoms with Crippen molar-refractivity contribution >= 4 is 11.0 Å². The number of aromatic nitrogens is 2. The largest absolute Gasteiger partial charge is 0.285 e. The van der Waals surface area contributed by atoms with Crippen LogP contribution in [0.25, 0.3) is 11.1 Å². The molecule has 2 unspecified atom stereocenters. The van der Waals surface area contributed by atoms with Crippen molar-refractivity contribution in [3.05, 3.63) is 42.0 Å². The van der Waals surface area contributed by atoms with Crippen LogP contribution in [0.1, 0.15) is 39.3 Å². The monoisotopic (exact) mass is 309 g/mol. The zero-order valence-corrected chi connectivity index (χ0v) is 13.4. The van der Waals surface area contributed by atoms with Crippen LogP contribution in [0.2, 0.25) is 0 Å². The summed E-state index contributed by atoms with van der Waals surface area (Å²) in [6.07, 6.45) is 3.36. The topological polar surface area (TPSA) is 57.8 Å². The predicted molar refractivity (Wildman–Crippen MR) is 83.4 cm³/mol. The van der Waals surface area contributed by atoms with Crippen LogP contribution >= 0.6 is 0 Å². The van der Waals surface area contributed by atoms with E-state index in [4.69, 9.17) is 0 Å².